The highest BCUT2D eigenvalue weighted by Gasteiger charge is 2.09. The highest BCUT2D eigenvalue weighted by molar-refractivity contribution is 5.70. The van der Waals surface area contributed by atoms with E-state index < -0.39 is 0 Å². The van der Waals surface area contributed by atoms with Gasteiger partial charge in [-0.1, -0.05) is 30.3 Å². The van der Waals surface area contributed by atoms with Crippen molar-refractivity contribution in [3.63, 3.8) is 0 Å². The molecule has 21 heavy (non-hydrogen) atoms. The molecule has 1 heterocycles. The van der Waals surface area contributed by atoms with E-state index in [-0.39, 0.29) is 0 Å². The molecule has 0 aliphatic heterocycles. The molecule has 4 nitrogen and oxygen atoms in total. The number of H-pyrrole nitrogens is 1. The molecule has 0 aliphatic carbocycles. The highest BCUT2D eigenvalue weighted by atomic mass is 16.5. The van der Waals surface area contributed by atoms with E-state index in [4.69, 9.17) is 9.47 Å². The van der Waals surface area contributed by atoms with Crippen molar-refractivity contribution in [1.82, 2.24) is 10.2 Å². The molecule has 106 valence electrons. The van der Waals surface area contributed by atoms with E-state index in [9.17, 15) is 0 Å². The lowest BCUT2D eigenvalue weighted by atomic mass is 10.1. The van der Waals surface area contributed by atoms with Gasteiger partial charge < -0.3 is 9.47 Å². The van der Waals surface area contributed by atoms with Crippen LogP contribution in [-0.4, -0.2) is 24.4 Å². The molecule has 0 unspecified atom stereocenters. The standard InChI is InChI=1S/C17H16N2O2/c1-20-16-9-8-13(10-17(16)21-2)15-11-14(18-19-15)12-6-4-3-5-7-12/h3-11H,1-2H3,(H,18,19). The van der Waals surface area contributed by atoms with Crippen molar-refractivity contribution >= 4 is 0 Å². The predicted octanol–water partition coefficient (Wildman–Crippen LogP) is 3.76. The molecule has 0 amide bonds. The minimum atomic E-state index is 0.694. The summed E-state index contributed by atoms with van der Waals surface area (Å²) in [4.78, 5) is 0. The molecule has 0 saturated heterocycles. The fourth-order valence-corrected chi connectivity index (χ4v) is 2.23. The molecular weight excluding hydrogens is 264 g/mol. The molecular formula is C17H16N2O2. The molecule has 3 rings (SSSR count). The van der Waals surface area contributed by atoms with Crippen LogP contribution in [0.1, 0.15) is 0 Å². The van der Waals surface area contributed by atoms with Crippen LogP contribution in [0.2, 0.25) is 0 Å². The zero-order valence-corrected chi connectivity index (χ0v) is 12.0. The van der Waals surface area contributed by atoms with E-state index in [1.54, 1.807) is 14.2 Å². The molecule has 1 aromatic heterocycles. The van der Waals surface area contributed by atoms with Gasteiger partial charge in [0.2, 0.25) is 0 Å². The van der Waals surface area contributed by atoms with Crippen molar-refractivity contribution in [2.24, 2.45) is 0 Å². The fourth-order valence-electron chi connectivity index (χ4n) is 2.23. The van der Waals surface area contributed by atoms with Crippen LogP contribution in [0.4, 0.5) is 0 Å². The number of rotatable bonds is 4. The zero-order valence-electron chi connectivity index (χ0n) is 12.0. The maximum atomic E-state index is 5.33. The highest BCUT2D eigenvalue weighted by Crippen LogP contribution is 2.32. The van der Waals surface area contributed by atoms with Gasteiger partial charge in [-0.15, -0.1) is 0 Å². The van der Waals surface area contributed by atoms with Gasteiger partial charge in [0.1, 0.15) is 0 Å². The lowest BCUT2D eigenvalue weighted by Crippen LogP contribution is -1.90. The third-order valence-electron chi connectivity index (χ3n) is 3.34. The van der Waals surface area contributed by atoms with Crippen molar-refractivity contribution < 1.29 is 9.47 Å². The Morgan fingerprint density at radius 1 is 0.810 bits per heavy atom. The van der Waals surface area contributed by atoms with Crippen LogP contribution in [0.15, 0.2) is 54.6 Å². The van der Waals surface area contributed by atoms with E-state index in [0.29, 0.717) is 11.5 Å². The quantitative estimate of drug-likeness (QED) is 0.791. The summed E-state index contributed by atoms with van der Waals surface area (Å²) in [5, 5.41) is 7.44. The molecule has 0 aliphatic rings. The SMILES string of the molecule is COc1ccc(-c2cc(-c3ccccc3)[nH]n2)cc1OC. The molecule has 0 atom stereocenters. The number of methoxy groups -OCH3 is 2. The second-order valence-electron chi connectivity index (χ2n) is 4.60. The summed E-state index contributed by atoms with van der Waals surface area (Å²) in [6.07, 6.45) is 0. The van der Waals surface area contributed by atoms with Crippen LogP contribution in [-0.2, 0) is 0 Å². The molecule has 3 aromatic rings. The molecule has 2 aromatic carbocycles. The van der Waals surface area contributed by atoms with Gasteiger partial charge >= 0.3 is 0 Å². The van der Waals surface area contributed by atoms with Gasteiger partial charge in [0.25, 0.3) is 0 Å². The topological polar surface area (TPSA) is 47.1 Å². The van der Waals surface area contributed by atoms with Gasteiger partial charge in [0, 0.05) is 5.56 Å². The third-order valence-corrected chi connectivity index (χ3v) is 3.34. The van der Waals surface area contributed by atoms with Crippen molar-refractivity contribution in [3.05, 3.63) is 54.6 Å². The second-order valence-corrected chi connectivity index (χ2v) is 4.60. The third kappa shape index (κ3) is 2.60. The first-order chi connectivity index (χ1) is 10.3. The molecule has 0 fully saturated rings. The Labute approximate surface area is 123 Å². The summed E-state index contributed by atoms with van der Waals surface area (Å²) >= 11 is 0. The molecule has 0 saturated carbocycles. The number of nitrogens with one attached hydrogen (secondary N) is 1. The summed E-state index contributed by atoms with van der Waals surface area (Å²) in [6.45, 7) is 0. The van der Waals surface area contributed by atoms with E-state index in [0.717, 1.165) is 22.5 Å². The Morgan fingerprint density at radius 2 is 1.57 bits per heavy atom. The molecule has 4 heteroatoms. The summed E-state index contributed by atoms with van der Waals surface area (Å²) < 4.78 is 10.6. The van der Waals surface area contributed by atoms with Crippen molar-refractivity contribution in [2.45, 2.75) is 0 Å². The van der Waals surface area contributed by atoms with E-state index >= 15 is 0 Å². The molecule has 0 radical (unpaired) electrons. The van der Waals surface area contributed by atoms with Crippen LogP contribution in [0.3, 0.4) is 0 Å². The largest absolute Gasteiger partial charge is 0.493 e. The zero-order chi connectivity index (χ0) is 14.7. The number of ether oxygens (including phenoxy) is 2. The second kappa shape index (κ2) is 5.71. The van der Waals surface area contributed by atoms with Gasteiger partial charge in [0.15, 0.2) is 11.5 Å². The Bertz CT molecular complexity index is 736. The van der Waals surface area contributed by atoms with Gasteiger partial charge in [0.05, 0.1) is 25.6 Å². The summed E-state index contributed by atoms with van der Waals surface area (Å²) in [7, 11) is 3.25. The Balaban J connectivity index is 1.97. The minimum Gasteiger partial charge on any atom is -0.493 e. The lowest BCUT2D eigenvalue weighted by molar-refractivity contribution is 0.355. The summed E-state index contributed by atoms with van der Waals surface area (Å²) in [5.74, 6) is 1.40. The number of aromatic nitrogens is 2. The first kappa shape index (κ1) is 13.2. The van der Waals surface area contributed by atoms with Crippen LogP contribution in [0, 0.1) is 0 Å². The maximum Gasteiger partial charge on any atom is 0.161 e. The van der Waals surface area contributed by atoms with Crippen LogP contribution in [0.5, 0.6) is 11.5 Å². The van der Waals surface area contributed by atoms with E-state index in [1.165, 1.54) is 0 Å². The maximum absolute atomic E-state index is 5.33. The first-order valence-electron chi connectivity index (χ1n) is 6.65. The summed E-state index contributed by atoms with van der Waals surface area (Å²) in [5.41, 5.74) is 3.94. The van der Waals surface area contributed by atoms with Gasteiger partial charge in [-0.05, 0) is 29.8 Å². The normalized spacial score (nSPS) is 10.4. The average molecular weight is 280 g/mol. The monoisotopic (exact) mass is 280 g/mol. The van der Waals surface area contributed by atoms with Gasteiger partial charge in [-0.3, -0.25) is 5.10 Å². The van der Waals surface area contributed by atoms with Crippen molar-refractivity contribution in [3.8, 4) is 34.0 Å². The minimum absolute atomic E-state index is 0.694. The van der Waals surface area contributed by atoms with Gasteiger partial charge in [-0.25, -0.2) is 0 Å². The smallest absolute Gasteiger partial charge is 0.161 e. The van der Waals surface area contributed by atoms with Crippen LogP contribution < -0.4 is 9.47 Å². The Kier molecular flexibility index (Phi) is 3.60. The first-order valence-corrected chi connectivity index (χ1v) is 6.65. The molecule has 0 bridgehead atoms. The number of nitrogens with zero attached hydrogens (tertiary/aromatic N) is 1. The Hall–Kier alpha value is -2.75. The molecule has 0 spiro atoms. The number of aromatic amines is 1. The van der Waals surface area contributed by atoms with Crippen LogP contribution in [0.25, 0.3) is 22.5 Å². The lowest BCUT2D eigenvalue weighted by Gasteiger charge is -2.08. The number of hydrogen-bond donors (Lipinski definition) is 1. The number of hydrogen-bond acceptors (Lipinski definition) is 3. The van der Waals surface area contributed by atoms with E-state index in [1.807, 2.05) is 54.6 Å². The van der Waals surface area contributed by atoms with Crippen molar-refractivity contribution in [1.29, 1.82) is 0 Å². The predicted molar refractivity (Wildman–Crippen MR) is 82.6 cm³/mol. The van der Waals surface area contributed by atoms with Gasteiger partial charge in [-0.2, -0.15) is 5.10 Å². The molecule has 1 N–H and O–H groups in total. The average Bonchev–Trinajstić information content (AvgIpc) is 3.05. The Morgan fingerprint density at radius 3 is 2.29 bits per heavy atom. The van der Waals surface area contributed by atoms with Crippen molar-refractivity contribution in [2.75, 3.05) is 14.2 Å². The van der Waals surface area contributed by atoms with Crippen LogP contribution >= 0.6 is 0 Å². The fraction of sp³-hybridized carbons (Fsp3) is 0.118. The summed E-state index contributed by atoms with van der Waals surface area (Å²) in [6, 6.07) is 17.9. The van der Waals surface area contributed by atoms with E-state index in [2.05, 4.69) is 10.2 Å². The number of benzene rings is 2.